The summed E-state index contributed by atoms with van der Waals surface area (Å²) in [4.78, 5) is 91.0. The summed E-state index contributed by atoms with van der Waals surface area (Å²) in [6.45, 7) is 6.28. The van der Waals surface area contributed by atoms with Crippen molar-refractivity contribution in [3.8, 4) is 11.4 Å². The zero-order chi connectivity index (χ0) is 64.2. The fourth-order valence-electron chi connectivity index (χ4n) is 10.3. The number of aliphatic carboxylic acids is 1. The van der Waals surface area contributed by atoms with Gasteiger partial charge < -0.3 is 59.0 Å². The summed E-state index contributed by atoms with van der Waals surface area (Å²) in [6, 6.07) is 47.7. The number of benzene rings is 5. The van der Waals surface area contributed by atoms with Crippen molar-refractivity contribution in [3.63, 3.8) is 0 Å². The summed E-state index contributed by atoms with van der Waals surface area (Å²) in [5.41, 5.74) is 10.1. The number of carbonyl (C=O) groups excluding carboxylic acids is 6. The minimum atomic E-state index is -1.08. The minimum absolute atomic E-state index is 0. The zero-order valence-corrected chi connectivity index (χ0v) is 56.3. The molecule has 0 saturated carbocycles. The second kappa shape index (κ2) is 40.3. The predicted molar refractivity (Wildman–Crippen MR) is 357 cm³/mol. The number of fused-ring (bicyclic) bond motifs is 3. The number of aldehydes is 1. The molecular formula is C68H80BClN12NaO10. The van der Waals surface area contributed by atoms with Gasteiger partial charge in [0.25, 0.3) is 0 Å². The molecule has 25 heteroatoms. The number of H-pyrrole nitrogens is 1. The number of nitrogens with zero attached hydrogens (tertiary/aromatic N) is 8. The first-order valence-electron chi connectivity index (χ1n) is 30.0. The maximum absolute atomic E-state index is 13.2. The molecule has 0 aliphatic carbocycles. The molecule has 2 fully saturated rings. The first-order chi connectivity index (χ1) is 43.6. The molecule has 12 rings (SSSR count). The van der Waals surface area contributed by atoms with Crippen LogP contribution < -0.4 is 50.6 Å². The molecule has 0 unspecified atom stereocenters. The van der Waals surface area contributed by atoms with E-state index in [0.717, 1.165) is 166 Å². The second-order valence-electron chi connectivity index (χ2n) is 21.2. The van der Waals surface area contributed by atoms with Gasteiger partial charge in [0, 0.05) is 99.4 Å². The van der Waals surface area contributed by atoms with E-state index in [9.17, 15) is 24.0 Å². The van der Waals surface area contributed by atoms with Crippen molar-refractivity contribution in [3.05, 3.63) is 188 Å². The number of para-hydroxylation sites is 10. The maximum atomic E-state index is 13.2. The molecule has 2 atom stereocenters. The number of likely N-dealkylation sites (tertiary alicyclic amines) is 1. The van der Waals surface area contributed by atoms with Crippen LogP contribution in [0.1, 0.15) is 83.2 Å². The molecule has 2 aliphatic heterocycles. The Morgan fingerprint density at radius 1 is 0.624 bits per heavy atom. The normalized spacial score (nSPS) is 13.5. The van der Waals surface area contributed by atoms with Crippen LogP contribution in [0.3, 0.4) is 0 Å². The molecule has 22 nitrogen and oxygen atoms in total. The molecule has 3 radical (unpaired) electrons. The molecule has 483 valence electrons. The van der Waals surface area contributed by atoms with Gasteiger partial charge in [0.2, 0.25) is 11.8 Å². The number of carboxylic acids is 1. The largest absolute Gasteiger partial charge is 1.00 e. The number of aromatic nitrogens is 8. The number of amides is 2. The third-order valence-electron chi connectivity index (χ3n) is 14.5. The van der Waals surface area contributed by atoms with E-state index in [0.29, 0.717) is 12.8 Å². The Balaban J connectivity index is 0.000000260. The number of aliphatic hydroxyl groups excluding tert-OH is 1. The number of imidazole rings is 3. The van der Waals surface area contributed by atoms with E-state index in [2.05, 4.69) is 75.4 Å². The number of carboxylic acid groups (broad SMARTS) is 1. The maximum Gasteiger partial charge on any atom is 1.00 e. The van der Waals surface area contributed by atoms with Gasteiger partial charge in [-0.25, -0.2) is 34.3 Å². The number of halogens is 1. The topological polar surface area (TPSA) is 278 Å². The van der Waals surface area contributed by atoms with Crippen molar-refractivity contribution in [2.45, 2.75) is 97.1 Å². The summed E-state index contributed by atoms with van der Waals surface area (Å²) in [5, 5.41) is 27.0. The molecule has 0 spiro atoms. The Kier molecular flexibility index (Phi) is 33.3. The number of aryl methyl sites for hydroxylation is 5. The van der Waals surface area contributed by atoms with Crippen molar-refractivity contribution < 1.29 is 78.3 Å². The number of aromatic amines is 1. The summed E-state index contributed by atoms with van der Waals surface area (Å²) < 4.78 is 8.25. The van der Waals surface area contributed by atoms with Crippen LogP contribution in [0.2, 0.25) is 0 Å². The van der Waals surface area contributed by atoms with E-state index in [1.54, 1.807) is 0 Å². The summed E-state index contributed by atoms with van der Waals surface area (Å²) in [5.74, 6) is 0.808. The molecule has 10 aromatic rings. The molecule has 2 amide bonds. The number of carbonyl (C=O) groups is 6. The molecule has 93 heavy (non-hydrogen) atoms. The van der Waals surface area contributed by atoms with Gasteiger partial charge in [0.15, 0.2) is 0 Å². The molecule has 5 aromatic heterocycles. The van der Waals surface area contributed by atoms with Crippen LogP contribution in [-0.4, -0.2) is 131 Å². The van der Waals surface area contributed by atoms with Crippen LogP contribution in [-0.2, 0) is 71.9 Å². The van der Waals surface area contributed by atoms with Crippen LogP contribution >= 0.6 is 12.4 Å². The first kappa shape index (κ1) is 76.8. The van der Waals surface area contributed by atoms with Gasteiger partial charge in [-0.1, -0.05) is 60.7 Å². The van der Waals surface area contributed by atoms with Crippen molar-refractivity contribution in [2.75, 3.05) is 36.9 Å². The average molecular weight is 1290 g/mol. The van der Waals surface area contributed by atoms with E-state index in [4.69, 9.17) is 20.0 Å². The van der Waals surface area contributed by atoms with Gasteiger partial charge in [0.1, 0.15) is 23.8 Å². The third-order valence-corrected chi connectivity index (χ3v) is 14.5. The Bertz CT molecular complexity index is 3860. The predicted octanol–water partition coefficient (Wildman–Crippen LogP) is 5.59. The Morgan fingerprint density at radius 2 is 1.11 bits per heavy atom. The molecule has 5 N–H and O–H groups in total. The number of hydrogen-bond donors (Lipinski definition) is 5. The standard InChI is InChI=1S/C26H29N5O.C15H17N3O.C11H12N2O.C10H12N2O.C4H6O4.C2H4O2.B.ClH.Na/c1-29-22-12-4-2-10-20(22)27-25(29)15-9-19-31-18-8-14-24(31)26(32)28-21-11-3-5-13-23(21)30-16-6-7-17-30;19-15(13-7-5-9-16-13)17-12-6-1-2-8-14(12)18-10-3-4-11-18;1-13-10-6-3-2-5-9(10)12-11(13)7-4-8-14;13-7-3-6-10-11-8-4-1-2-5-9(8)12-10;1-3(5)7-8-4(2)6;1-2(3)4;;;/h2-7,10-13,16-17,24H,8-9,14-15,18-19H2,1H3,(H,28,32);1-4,6,8,10-11,13,16H,5,7,9H2,(H,17,19);2-3,5-6,8H,4,7H2,1H3;1-2,4-5,13H,3,6-7H2,(H,11,12);1-2H3;1H3,(H,3,4);;1H;/q;;;;;;;;+1/p-1/t24-;13-;;;;;;;/m00......./s1. The third kappa shape index (κ3) is 23.8. The molecule has 7 heterocycles. The fourth-order valence-corrected chi connectivity index (χ4v) is 10.3. The van der Waals surface area contributed by atoms with Gasteiger partial charge in [-0.2, -0.15) is 0 Å². The van der Waals surface area contributed by atoms with Gasteiger partial charge in [-0.05, 0) is 150 Å². The number of rotatable bonds is 16. The summed E-state index contributed by atoms with van der Waals surface area (Å²) in [6.07, 6.45) is 17.5. The number of anilines is 2. The average Bonchev–Trinajstić information content (AvgIpc) is 1.78. The molecule has 5 aromatic carbocycles. The van der Waals surface area contributed by atoms with E-state index in [1.807, 2.05) is 173 Å². The van der Waals surface area contributed by atoms with Gasteiger partial charge in [-0.3, -0.25) is 14.5 Å². The van der Waals surface area contributed by atoms with E-state index in [-0.39, 0.29) is 80.9 Å². The Labute approximate surface area is 571 Å². The van der Waals surface area contributed by atoms with Crippen molar-refractivity contribution in [1.82, 2.24) is 48.4 Å². The van der Waals surface area contributed by atoms with Crippen LogP contribution in [0.5, 0.6) is 0 Å². The molecule has 2 saturated heterocycles. The van der Waals surface area contributed by atoms with E-state index >= 15 is 0 Å². The van der Waals surface area contributed by atoms with Crippen LogP contribution in [0, 0.1) is 0 Å². The SMILES string of the molecule is CC(=O)OOC(C)=O.CC(=O)[O-].Cl.Cn1c(CCC=O)nc2ccccc21.Cn1c(CCCN2CCC[C@H]2C(=O)Nc2ccccc2-n2cccc2)nc2ccccc21.O=C(Nc1ccccc1-n1cccc1)[C@@H]1CCCN1.OCCCc1nc2ccccc2[nH]1.[B].[Na+]. The van der Waals surface area contributed by atoms with Crippen LogP contribution in [0.25, 0.3) is 44.5 Å². The van der Waals surface area contributed by atoms with Gasteiger partial charge >= 0.3 is 41.5 Å². The Morgan fingerprint density at radius 3 is 1.59 bits per heavy atom. The Hall–Kier alpha value is -8.68. The summed E-state index contributed by atoms with van der Waals surface area (Å²) >= 11 is 0. The molecule has 2 aliphatic rings. The first-order valence-corrected chi connectivity index (χ1v) is 30.0. The fraction of sp³-hybridized carbons (Fsp3) is 0.309. The van der Waals surface area contributed by atoms with Gasteiger partial charge in [-0.15, -0.1) is 12.4 Å². The summed E-state index contributed by atoms with van der Waals surface area (Å²) in [7, 11) is 4.06. The monoisotopic (exact) mass is 1290 g/mol. The molecular weight excluding hydrogens is 1210 g/mol. The molecule has 0 bridgehead atoms. The number of hydrogen-bond acceptors (Lipinski definition) is 15. The smallest absolute Gasteiger partial charge is 0.550 e. The van der Waals surface area contributed by atoms with Crippen LogP contribution in [0.15, 0.2) is 170 Å². The second-order valence-corrected chi connectivity index (χ2v) is 21.2. The van der Waals surface area contributed by atoms with E-state index in [1.165, 1.54) is 5.52 Å². The van der Waals surface area contributed by atoms with E-state index < -0.39 is 17.9 Å². The number of nitrogens with one attached hydrogen (secondary N) is 4. The van der Waals surface area contributed by atoms with Crippen molar-refractivity contribution in [1.29, 1.82) is 0 Å². The van der Waals surface area contributed by atoms with Gasteiger partial charge in [0.05, 0.1) is 67.9 Å². The minimum Gasteiger partial charge on any atom is -0.550 e. The zero-order valence-electron chi connectivity index (χ0n) is 53.5. The van der Waals surface area contributed by atoms with Crippen LogP contribution in [0.4, 0.5) is 11.4 Å². The quantitative estimate of drug-likeness (QED) is 0.0341. The van der Waals surface area contributed by atoms with Crippen molar-refractivity contribution >= 4 is 101 Å². The van der Waals surface area contributed by atoms with Crippen molar-refractivity contribution in [2.24, 2.45) is 14.1 Å². The number of aliphatic hydroxyl groups is 1.